The van der Waals surface area contributed by atoms with Crippen LogP contribution in [-0.2, 0) is 44.6 Å². The Kier molecular flexibility index (Phi) is 23.7. The highest BCUT2D eigenvalue weighted by Gasteiger charge is 2.53. The van der Waals surface area contributed by atoms with Gasteiger partial charge in [-0.2, -0.15) is 0 Å². The third-order valence-corrected chi connectivity index (χ3v) is 15.8. The van der Waals surface area contributed by atoms with Gasteiger partial charge in [0.1, 0.15) is 36.3 Å². The normalized spacial score (nSPS) is 37.5. The number of rotatable bonds is 8. The molecule has 5 rings (SSSR count). The van der Waals surface area contributed by atoms with Crippen LogP contribution in [0, 0.1) is 36.5 Å². The van der Waals surface area contributed by atoms with Gasteiger partial charge in [0, 0.05) is 81.9 Å². The van der Waals surface area contributed by atoms with Crippen LogP contribution >= 0.6 is 0 Å². The molecule has 2 unspecified atom stereocenters. The number of hydrogen-bond acceptors (Lipinski definition) is 18. The molecule has 17 atom stereocenters. The molecule has 1 aromatic rings. The molecule has 3 aliphatic heterocycles. The standard InChI is InChI=1S/C56H87N5O14/c1-32-15-11-10-12-16-33(2)46(71-8)27-41-20-18-37(6)56(70,75-41)52(66)53(67)61-22-14-13-17-43(61)54(68)73-47(28-44(62)34(3)24-36(5)50(64)51(65)49(63)35(4)23-32)42(57)25-39-19-21-45(48(26-39)72-9)74-55(69)60-31-40-29-58-38(7)59-30-40/h10-12,15-16,24,29-30,32,34-35,37,39,41-48,50-51,53,62,64-65,67,70H,13-14,17-23,25-28,31,57H2,1-9H3,(H,60,69)/b12-10?,15-11+,33-16?,36-24+/t32-,34-,35?,37-,39+,41+,42-,43+,44-,45-,46+,47+,48-,50-,51+,53?,56-/m1/s1. The summed E-state index contributed by atoms with van der Waals surface area (Å²) in [5.74, 6) is -6.13. The summed E-state index contributed by atoms with van der Waals surface area (Å²) in [6.07, 6.45) is 8.69. The first kappa shape index (κ1) is 61.6. The monoisotopic (exact) mass is 1050 g/mol. The number of hydrogen-bond donors (Lipinski definition) is 7. The predicted molar refractivity (Wildman–Crippen MR) is 279 cm³/mol. The number of aliphatic hydroxyl groups excluding tert-OH is 4. The Bertz CT molecular complexity index is 2150. The van der Waals surface area contributed by atoms with Crippen molar-refractivity contribution in [1.29, 1.82) is 0 Å². The molecule has 1 aliphatic carbocycles. The van der Waals surface area contributed by atoms with Crippen molar-refractivity contribution in [3.8, 4) is 0 Å². The van der Waals surface area contributed by atoms with Crippen LogP contribution in [-0.4, -0.2) is 158 Å². The molecule has 0 radical (unpaired) electrons. The summed E-state index contributed by atoms with van der Waals surface area (Å²) >= 11 is 0. The van der Waals surface area contributed by atoms with Gasteiger partial charge in [-0.05, 0) is 102 Å². The minimum atomic E-state index is -2.37. The quantitative estimate of drug-likeness (QED) is 0.136. The lowest BCUT2D eigenvalue weighted by Gasteiger charge is -2.45. The fraction of sp³-hybridized carbons (Fsp3) is 0.714. The zero-order chi connectivity index (χ0) is 55.1. The largest absolute Gasteiger partial charge is 0.459 e. The number of aryl methyl sites for hydroxylation is 1. The van der Waals surface area contributed by atoms with Crippen LogP contribution < -0.4 is 11.1 Å². The molecule has 1 amide bonds. The summed E-state index contributed by atoms with van der Waals surface area (Å²) in [7, 11) is 3.11. The van der Waals surface area contributed by atoms with Gasteiger partial charge in [-0.1, -0.05) is 70.6 Å². The second-order valence-corrected chi connectivity index (χ2v) is 21.8. The summed E-state index contributed by atoms with van der Waals surface area (Å²) in [5, 5.41) is 60.9. The highest BCUT2D eigenvalue weighted by atomic mass is 16.6. The van der Waals surface area contributed by atoms with E-state index in [4.69, 9.17) is 29.4 Å². The summed E-state index contributed by atoms with van der Waals surface area (Å²) in [4.78, 5) is 64.9. The molecule has 0 aromatic carbocycles. The Morgan fingerprint density at radius 1 is 0.867 bits per heavy atom. The highest BCUT2D eigenvalue weighted by Crippen LogP contribution is 2.38. The Hall–Kier alpha value is -4.28. The number of carbonyl (C=O) groups is 4. The number of allylic oxidation sites excluding steroid dienone is 5. The Morgan fingerprint density at radius 2 is 1.59 bits per heavy atom. The highest BCUT2D eigenvalue weighted by molar-refractivity contribution is 5.90. The van der Waals surface area contributed by atoms with Crippen LogP contribution in [0.3, 0.4) is 0 Å². The van der Waals surface area contributed by atoms with Gasteiger partial charge in [0.15, 0.2) is 12.0 Å². The number of methoxy groups -OCH3 is 2. The van der Waals surface area contributed by atoms with Crippen LogP contribution in [0.15, 0.2) is 60.0 Å². The molecule has 4 heterocycles. The molecule has 4 aliphatic rings. The van der Waals surface area contributed by atoms with Crippen molar-refractivity contribution in [2.75, 3.05) is 20.8 Å². The number of Topliss-reactive ketones (excluding diaryl/α,β-unsaturated/α-hetero) is 2. The number of ketones is 2. The van der Waals surface area contributed by atoms with E-state index in [9.17, 15) is 44.7 Å². The third-order valence-electron chi connectivity index (χ3n) is 15.8. The SMILES string of the molecule is CO[C@H]1C[C@@H]2CC[C@@H](C)[C@@](O)(O2)C(=O)C(O)N2CCCC[C@H]2C(=O)O[C@H]([C@H](N)C[C@@H]2CC[C@@H](OC(=O)NCc3cnc(C)nc3)[C@H](OC)C2)C[C@@H](O)[C@H](C)/C=C(\C)[C@@H](O)[C@@H](O)C(=O)C(C)C[C@H](C)/C=C/C=CC=C1C. The minimum Gasteiger partial charge on any atom is -0.459 e. The van der Waals surface area contributed by atoms with Gasteiger partial charge in [0.2, 0.25) is 11.6 Å². The number of aliphatic hydroxyl groups is 5. The van der Waals surface area contributed by atoms with Gasteiger partial charge in [0.05, 0.1) is 24.4 Å². The molecular weight excluding hydrogens is 967 g/mol. The molecule has 1 aromatic heterocycles. The average molecular weight is 1050 g/mol. The van der Waals surface area contributed by atoms with Crippen LogP contribution in [0.4, 0.5) is 4.79 Å². The number of nitrogens with zero attached hydrogens (tertiary/aromatic N) is 3. The van der Waals surface area contributed by atoms with Crippen molar-refractivity contribution in [2.45, 2.75) is 205 Å². The zero-order valence-electron chi connectivity index (χ0n) is 45.6. The van der Waals surface area contributed by atoms with E-state index in [2.05, 4.69) is 15.3 Å². The van der Waals surface area contributed by atoms with Crippen molar-refractivity contribution in [3.05, 3.63) is 71.4 Å². The first-order chi connectivity index (χ1) is 35.6. The number of nitrogens with one attached hydrogen (secondary N) is 1. The van der Waals surface area contributed by atoms with E-state index < -0.39 is 114 Å². The van der Waals surface area contributed by atoms with Gasteiger partial charge >= 0.3 is 12.1 Å². The third kappa shape index (κ3) is 17.1. The molecule has 420 valence electrons. The minimum absolute atomic E-state index is 0.0484. The maximum Gasteiger partial charge on any atom is 0.407 e. The molecule has 75 heavy (non-hydrogen) atoms. The topological polar surface area (TPSA) is 283 Å². The molecule has 0 spiro atoms. The first-order valence-electron chi connectivity index (χ1n) is 27.0. The van der Waals surface area contributed by atoms with Gasteiger partial charge in [-0.15, -0.1) is 0 Å². The number of nitrogens with two attached hydrogens (primary N) is 1. The van der Waals surface area contributed by atoms with Crippen LogP contribution in [0.5, 0.6) is 0 Å². The fourth-order valence-corrected chi connectivity index (χ4v) is 10.9. The lowest BCUT2D eigenvalue weighted by Crippen LogP contribution is -2.62. The molecule has 19 heteroatoms. The Labute approximate surface area is 443 Å². The van der Waals surface area contributed by atoms with Gasteiger partial charge < -0.3 is 60.3 Å². The zero-order valence-corrected chi connectivity index (χ0v) is 45.6. The predicted octanol–water partition coefficient (Wildman–Crippen LogP) is 4.83. The summed E-state index contributed by atoms with van der Waals surface area (Å²) in [6, 6.07) is -1.97. The smallest absolute Gasteiger partial charge is 0.407 e. The summed E-state index contributed by atoms with van der Waals surface area (Å²) < 4.78 is 30.0. The number of carbonyl (C=O) groups excluding carboxylic acids is 4. The van der Waals surface area contributed by atoms with Crippen molar-refractivity contribution in [3.63, 3.8) is 0 Å². The van der Waals surface area contributed by atoms with Crippen LogP contribution in [0.2, 0.25) is 0 Å². The lowest BCUT2D eigenvalue weighted by molar-refractivity contribution is -0.275. The average Bonchev–Trinajstić information content (AvgIpc) is 3.39. The maximum atomic E-state index is 14.6. The Balaban J connectivity index is 1.40. The number of amides is 1. The van der Waals surface area contributed by atoms with E-state index in [0.717, 1.165) is 5.57 Å². The van der Waals surface area contributed by atoms with Crippen molar-refractivity contribution >= 4 is 23.6 Å². The Morgan fingerprint density at radius 3 is 2.28 bits per heavy atom. The number of ether oxygens (including phenoxy) is 5. The molecule has 1 saturated carbocycles. The first-order valence-corrected chi connectivity index (χ1v) is 27.0. The van der Waals surface area contributed by atoms with E-state index in [1.165, 1.54) is 12.0 Å². The molecule has 2 bridgehead atoms. The summed E-state index contributed by atoms with van der Waals surface area (Å²) in [6.45, 7) is 12.6. The van der Waals surface area contributed by atoms with Gasteiger partial charge in [0.25, 0.3) is 0 Å². The second kappa shape index (κ2) is 28.9. The van der Waals surface area contributed by atoms with E-state index >= 15 is 0 Å². The van der Waals surface area contributed by atoms with E-state index in [-0.39, 0.29) is 43.3 Å². The number of cyclic esters (lactones) is 1. The van der Waals surface area contributed by atoms with Gasteiger partial charge in [-0.25, -0.2) is 14.8 Å². The number of fused-ring (bicyclic) bond motifs is 3. The number of alkyl carbamates (subject to hydrolysis) is 1. The van der Waals surface area contributed by atoms with Crippen molar-refractivity contribution < 1.29 is 68.4 Å². The molecular formula is C56H87N5O14. The second-order valence-electron chi connectivity index (χ2n) is 21.8. The van der Waals surface area contributed by atoms with E-state index in [0.29, 0.717) is 75.6 Å². The van der Waals surface area contributed by atoms with Crippen molar-refractivity contribution in [1.82, 2.24) is 20.2 Å². The molecule has 3 fully saturated rings. The number of aromatic nitrogens is 2. The van der Waals surface area contributed by atoms with E-state index in [1.807, 2.05) is 44.2 Å². The van der Waals surface area contributed by atoms with Crippen LogP contribution in [0.25, 0.3) is 0 Å². The lowest BCUT2D eigenvalue weighted by atomic mass is 9.80. The van der Waals surface area contributed by atoms with Crippen LogP contribution in [0.1, 0.15) is 130 Å². The molecule has 8 N–H and O–H groups in total. The molecule has 2 saturated heterocycles. The fourth-order valence-electron chi connectivity index (χ4n) is 10.9. The van der Waals surface area contributed by atoms with E-state index in [1.54, 1.807) is 60.2 Å². The van der Waals surface area contributed by atoms with Gasteiger partial charge in [-0.3, -0.25) is 19.3 Å². The number of piperidine rings is 1. The maximum absolute atomic E-state index is 14.6. The molecule has 19 nitrogen and oxygen atoms in total. The summed E-state index contributed by atoms with van der Waals surface area (Å²) in [5.41, 5.74) is 8.84. The van der Waals surface area contributed by atoms with Crippen molar-refractivity contribution in [2.24, 2.45) is 35.3 Å². The number of esters is 1.